The number of anilines is 2. The maximum absolute atomic E-state index is 13.3. The van der Waals surface area contributed by atoms with Gasteiger partial charge in [-0.3, -0.25) is 19.1 Å². The van der Waals surface area contributed by atoms with Gasteiger partial charge in [-0.15, -0.1) is 0 Å². The molecule has 0 aliphatic carbocycles. The normalized spacial score (nSPS) is 14.9. The number of benzene rings is 2. The van der Waals surface area contributed by atoms with E-state index in [-0.39, 0.29) is 17.1 Å². The molecule has 0 bridgehead atoms. The molecule has 1 aliphatic heterocycles. The maximum Gasteiger partial charge on any atom is 0.339 e. The Morgan fingerprint density at radius 3 is 2.62 bits per heavy atom. The van der Waals surface area contributed by atoms with Crippen molar-refractivity contribution in [3.05, 3.63) is 91.6 Å². The van der Waals surface area contributed by atoms with Crippen molar-refractivity contribution in [1.29, 1.82) is 0 Å². The molecule has 2 heterocycles. The molecule has 0 radical (unpaired) electrons. The molecular weight excluding hydrogens is 436 g/mol. The largest absolute Gasteiger partial charge is 0.454 e. The van der Waals surface area contributed by atoms with Crippen LogP contribution in [0.5, 0.6) is 0 Å². The molecule has 0 spiro atoms. The van der Waals surface area contributed by atoms with Crippen molar-refractivity contribution in [2.45, 2.75) is 38.8 Å². The van der Waals surface area contributed by atoms with Gasteiger partial charge >= 0.3 is 11.7 Å². The molecule has 1 aliphatic rings. The van der Waals surface area contributed by atoms with Crippen molar-refractivity contribution < 1.29 is 14.3 Å². The van der Waals surface area contributed by atoms with E-state index >= 15 is 0 Å². The number of nitrogen functional groups attached to an aromatic ring is 1. The molecule has 1 unspecified atom stereocenters. The highest BCUT2D eigenvalue weighted by molar-refractivity contribution is 6.07. The predicted molar refractivity (Wildman–Crippen MR) is 128 cm³/mol. The minimum Gasteiger partial charge on any atom is -0.454 e. The van der Waals surface area contributed by atoms with Gasteiger partial charge in [-0.2, -0.15) is 0 Å². The third-order valence-electron chi connectivity index (χ3n) is 5.99. The number of carbonyl (C=O) groups is 2. The maximum atomic E-state index is 13.3. The molecular formula is C25H26N4O5. The fourth-order valence-electron chi connectivity index (χ4n) is 4.12. The Hall–Kier alpha value is -4.14. The first-order chi connectivity index (χ1) is 16.3. The molecule has 1 atom stereocenters. The highest BCUT2D eigenvalue weighted by Gasteiger charge is 2.29. The number of rotatable bonds is 6. The Kier molecular flexibility index (Phi) is 6.36. The van der Waals surface area contributed by atoms with Crippen LogP contribution in [0, 0.1) is 0 Å². The summed E-state index contributed by atoms with van der Waals surface area (Å²) in [7, 11) is 1.43. The molecule has 2 aromatic carbocycles. The van der Waals surface area contributed by atoms with Crippen LogP contribution in [-0.2, 0) is 17.7 Å². The van der Waals surface area contributed by atoms with E-state index in [0.717, 1.165) is 16.9 Å². The lowest BCUT2D eigenvalue weighted by atomic mass is 9.93. The van der Waals surface area contributed by atoms with Crippen molar-refractivity contribution in [2.24, 2.45) is 0 Å². The van der Waals surface area contributed by atoms with Gasteiger partial charge in [-0.1, -0.05) is 43.7 Å². The first-order valence-corrected chi connectivity index (χ1v) is 11.1. The second kappa shape index (κ2) is 9.38. The number of fused-ring (bicyclic) bond motifs is 1. The van der Waals surface area contributed by atoms with Crippen molar-refractivity contribution >= 4 is 23.4 Å². The van der Waals surface area contributed by atoms with E-state index in [0.29, 0.717) is 30.5 Å². The number of aromatic nitrogens is 2. The van der Waals surface area contributed by atoms with Gasteiger partial charge in [-0.05, 0) is 35.7 Å². The fraction of sp³-hybridized carbons (Fsp3) is 0.280. The molecule has 34 heavy (non-hydrogen) atoms. The van der Waals surface area contributed by atoms with Gasteiger partial charge in [0.05, 0.1) is 5.56 Å². The van der Waals surface area contributed by atoms with Crippen molar-refractivity contribution in [3.8, 4) is 0 Å². The molecule has 1 aromatic heterocycles. The van der Waals surface area contributed by atoms with Gasteiger partial charge < -0.3 is 15.4 Å². The van der Waals surface area contributed by atoms with E-state index in [9.17, 15) is 19.2 Å². The zero-order chi connectivity index (χ0) is 24.4. The van der Waals surface area contributed by atoms with Gasteiger partial charge in [0.15, 0.2) is 5.69 Å². The van der Waals surface area contributed by atoms with E-state index in [1.54, 1.807) is 12.1 Å². The van der Waals surface area contributed by atoms with Gasteiger partial charge in [-0.25, -0.2) is 9.59 Å². The molecule has 3 aromatic rings. The Morgan fingerprint density at radius 2 is 1.91 bits per heavy atom. The summed E-state index contributed by atoms with van der Waals surface area (Å²) >= 11 is 0. The van der Waals surface area contributed by atoms with E-state index in [1.807, 2.05) is 37.3 Å². The Labute approximate surface area is 195 Å². The number of unbranched alkanes of at least 4 members (excludes halogenated alkanes) is 1. The Bertz CT molecular complexity index is 1360. The Morgan fingerprint density at radius 1 is 1.18 bits per heavy atom. The van der Waals surface area contributed by atoms with Crippen LogP contribution in [0.15, 0.2) is 58.1 Å². The number of aromatic amines is 1. The monoisotopic (exact) mass is 462 g/mol. The summed E-state index contributed by atoms with van der Waals surface area (Å²) in [6.07, 6.45) is 1.48. The quantitative estimate of drug-likeness (QED) is 0.542. The molecule has 0 fully saturated rings. The predicted octanol–water partition coefficient (Wildman–Crippen LogP) is 2.65. The van der Waals surface area contributed by atoms with E-state index in [1.165, 1.54) is 17.7 Å². The zero-order valence-electron chi connectivity index (χ0n) is 19.0. The van der Waals surface area contributed by atoms with Crippen LogP contribution in [0.3, 0.4) is 0 Å². The molecule has 1 amide bonds. The summed E-state index contributed by atoms with van der Waals surface area (Å²) in [4.78, 5) is 53.9. The van der Waals surface area contributed by atoms with E-state index < -0.39 is 29.2 Å². The van der Waals surface area contributed by atoms with Gasteiger partial charge in [0.2, 0.25) is 0 Å². The minimum atomic E-state index is -0.739. The van der Waals surface area contributed by atoms with Crippen LogP contribution in [-0.4, -0.2) is 28.5 Å². The number of nitrogens with two attached hydrogens (primary N) is 1. The van der Waals surface area contributed by atoms with Crippen molar-refractivity contribution in [3.63, 3.8) is 0 Å². The number of ether oxygens (including phenoxy) is 1. The number of H-pyrrole nitrogens is 1. The second-order valence-electron chi connectivity index (χ2n) is 8.24. The number of amides is 1. The van der Waals surface area contributed by atoms with Crippen molar-refractivity contribution in [2.75, 3.05) is 17.7 Å². The molecule has 176 valence electrons. The van der Waals surface area contributed by atoms with Crippen LogP contribution in [0.25, 0.3) is 0 Å². The molecule has 0 saturated carbocycles. The molecule has 9 heteroatoms. The summed E-state index contributed by atoms with van der Waals surface area (Å²) in [5.41, 5.74) is 6.92. The van der Waals surface area contributed by atoms with Crippen LogP contribution < -0.4 is 21.9 Å². The molecule has 4 rings (SSSR count). The number of carbonyl (C=O) groups excluding carboxylic acids is 2. The van der Waals surface area contributed by atoms with E-state index in [2.05, 4.69) is 4.98 Å². The third-order valence-corrected chi connectivity index (χ3v) is 5.99. The second-order valence-corrected chi connectivity index (χ2v) is 8.24. The lowest BCUT2D eigenvalue weighted by Crippen LogP contribution is -2.39. The topological polar surface area (TPSA) is 127 Å². The fourth-order valence-corrected chi connectivity index (χ4v) is 4.12. The number of esters is 1. The highest BCUT2D eigenvalue weighted by Crippen LogP contribution is 2.31. The van der Waals surface area contributed by atoms with Crippen LogP contribution >= 0.6 is 0 Å². The standard InChI is InChI=1S/C25H26N4O5/c1-3-4-12-29-21(26)20(22(30)27-25(29)33)28(2)23(31)16-10-11-18-17(13-16)14-19(34-24(18)32)15-8-6-5-7-9-15/h5-11,13,19H,3-4,12,14,26H2,1-2H3,(H,27,30,33). The molecule has 9 nitrogen and oxygen atoms in total. The van der Waals surface area contributed by atoms with Gasteiger partial charge in [0.1, 0.15) is 11.9 Å². The summed E-state index contributed by atoms with van der Waals surface area (Å²) in [6.45, 7) is 2.30. The van der Waals surface area contributed by atoms with Crippen LogP contribution in [0.4, 0.5) is 11.5 Å². The van der Waals surface area contributed by atoms with Gasteiger partial charge in [0, 0.05) is 25.6 Å². The first-order valence-electron chi connectivity index (χ1n) is 11.1. The minimum absolute atomic E-state index is 0.0660. The summed E-state index contributed by atoms with van der Waals surface area (Å²) in [5.74, 6) is -1.01. The third kappa shape index (κ3) is 4.24. The number of nitrogens with zero attached hydrogens (tertiary/aromatic N) is 2. The lowest BCUT2D eigenvalue weighted by Gasteiger charge is -2.26. The average Bonchev–Trinajstić information content (AvgIpc) is 2.83. The number of cyclic esters (lactones) is 1. The first kappa shape index (κ1) is 23.0. The van der Waals surface area contributed by atoms with Crippen LogP contribution in [0.2, 0.25) is 0 Å². The smallest absolute Gasteiger partial charge is 0.339 e. The highest BCUT2D eigenvalue weighted by atomic mass is 16.5. The molecule has 0 saturated heterocycles. The molecule has 3 N–H and O–H groups in total. The summed E-state index contributed by atoms with van der Waals surface area (Å²) in [6, 6.07) is 14.1. The van der Waals surface area contributed by atoms with Crippen molar-refractivity contribution in [1.82, 2.24) is 9.55 Å². The number of nitrogens with one attached hydrogen (secondary N) is 1. The summed E-state index contributed by atoms with van der Waals surface area (Å²) < 4.78 is 6.84. The average molecular weight is 463 g/mol. The SMILES string of the molecule is CCCCn1c(N)c(N(C)C(=O)c2ccc3c(c2)CC(c2ccccc2)OC3=O)c(=O)[nH]c1=O. The number of hydrogen-bond acceptors (Lipinski definition) is 6. The zero-order valence-corrected chi connectivity index (χ0v) is 19.0. The van der Waals surface area contributed by atoms with Gasteiger partial charge in [0.25, 0.3) is 11.5 Å². The number of hydrogen-bond donors (Lipinski definition) is 2. The Balaban J connectivity index is 1.67. The van der Waals surface area contributed by atoms with Crippen LogP contribution in [0.1, 0.15) is 57.7 Å². The lowest BCUT2D eigenvalue weighted by molar-refractivity contribution is 0.0252. The summed E-state index contributed by atoms with van der Waals surface area (Å²) in [5, 5.41) is 0. The van der Waals surface area contributed by atoms with E-state index in [4.69, 9.17) is 10.5 Å².